The number of hydrogen-bond acceptors (Lipinski definition) is 3. The van der Waals surface area contributed by atoms with Crippen molar-refractivity contribution in [1.29, 1.82) is 0 Å². The number of aromatic nitrogens is 2. The molecule has 3 heteroatoms. The van der Waals surface area contributed by atoms with E-state index in [1.807, 2.05) is 26.1 Å². The third kappa shape index (κ3) is 2.03. The lowest BCUT2D eigenvalue weighted by Gasteiger charge is -2.07. The van der Waals surface area contributed by atoms with Crippen molar-refractivity contribution in [3.05, 3.63) is 41.6 Å². The van der Waals surface area contributed by atoms with E-state index in [-0.39, 0.29) is 0 Å². The highest BCUT2D eigenvalue weighted by Crippen LogP contribution is 2.24. The first-order valence-electron chi connectivity index (χ1n) is 5.30. The van der Waals surface area contributed by atoms with Crippen molar-refractivity contribution in [1.82, 2.24) is 10.2 Å². The highest BCUT2D eigenvalue weighted by atomic mass is 15.1. The largest absolute Gasteiger partial charge is 0.388 e. The molecule has 0 amide bonds. The smallest absolute Gasteiger partial charge is 0.0933 e. The SMILES string of the molecule is CNc1ccc(C)c(-c2ccc(C)nn2)c1. The van der Waals surface area contributed by atoms with Gasteiger partial charge >= 0.3 is 0 Å². The molecule has 2 rings (SSSR count). The number of aryl methyl sites for hydroxylation is 2. The van der Waals surface area contributed by atoms with Crippen LogP contribution in [0.5, 0.6) is 0 Å². The molecule has 3 nitrogen and oxygen atoms in total. The van der Waals surface area contributed by atoms with Crippen molar-refractivity contribution in [3.8, 4) is 11.3 Å². The van der Waals surface area contributed by atoms with Crippen LogP contribution in [-0.2, 0) is 0 Å². The predicted molar refractivity (Wildman–Crippen MR) is 66.5 cm³/mol. The summed E-state index contributed by atoms with van der Waals surface area (Å²) in [6.07, 6.45) is 0. The molecule has 1 heterocycles. The Labute approximate surface area is 95.5 Å². The first-order chi connectivity index (χ1) is 7.70. The Balaban J connectivity index is 2.50. The van der Waals surface area contributed by atoms with E-state index in [0.717, 1.165) is 22.6 Å². The maximum Gasteiger partial charge on any atom is 0.0933 e. The van der Waals surface area contributed by atoms with Crippen LogP contribution in [0.2, 0.25) is 0 Å². The number of rotatable bonds is 2. The topological polar surface area (TPSA) is 37.8 Å². The van der Waals surface area contributed by atoms with E-state index < -0.39 is 0 Å². The lowest BCUT2D eigenvalue weighted by Crippen LogP contribution is -1.94. The van der Waals surface area contributed by atoms with Crippen LogP contribution in [0.4, 0.5) is 5.69 Å². The number of anilines is 1. The Kier molecular flexibility index (Phi) is 2.86. The van der Waals surface area contributed by atoms with Crippen LogP contribution in [0.3, 0.4) is 0 Å². The van der Waals surface area contributed by atoms with E-state index in [2.05, 4.69) is 40.6 Å². The summed E-state index contributed by atoms with van der Waals surface area (Å²) in [6.45, 7) is 4.02. The third-order valence-corrected chi connectivity index (χ3v) is 2.60. The zero-order valence-corrected chi connectivity index (χ0v) is 9.78. The molecule has 1 N–H and O–H groups in total. The van der Waals surface area contributed by atoms with Gasteiger partial charge in [0.05, 0.1) is 11.4 Å². The predicted octanol–water partition coefficient (Wildman–Crippen LogP) is 2.80. The molecule has 82 valence electrons. The van der Waals surface area contributed by atoms with Gasteiger partial charge in [-0.05, 0) is 43.7 Å². The van der Waals surface area contributed by atoms with E-state index in [1.54, 1.807) is 0 Å². The van der Waals surface area contributed by atoms with E-state index in [1.165, 1.54) is 5.56 Å². The Morgan fingerprint density at radius 2 is 1.81 bits per heavy atom. The van der Waals surface area contributed by atoms with Gasteiger partial charge in [0.25, 0.3) is 0 Å². The molecule has 0 unspecified atom stereocenters. The lowest BCUT2D eigenvalue weighted by molar-refractivity contribution is 0.986. The first kappa shape index (κ1) is 10.6. The van der Waals surface area contributed by atoms with Crippen LogP contribution >= 0.6 is 0 Å². The summed E-state index contributed by atoms with van der Waals surface area (Å²) in [6, 6.07) is 10.2. The van der Waals surface area contributed by atoms with E-state index in [0.29, 0.717) is 0 Å². The van der Waals surface area contributed by atoms with Gasteiger partial charge in [-0.1, -0.05) is 6.07 Å². The van der Waals surface area contributed by atoms with Crippen molar-refractivity contribution in [2.45, 2.75) is 13.8 Å². The van der Waals surface area contributed by atoms with Crippen LogP contribution in [0.1, 0.15) is 11.3 Å². The quantitative estimate of drug-likeness (QED) is 0.833. The Bertz CT molecular complexity index is 489. The second-order valence-electron chi connectivity index (χ2n) is 3.84. The van der Waals surface area contributed by atoms with E-state index in [9.17, 15) is 0 Å². The second kappa shape index (κ2) is 4.31. The standard InChI is InChI=1S/C13H15N3/c1-9-4-6-11(14-3)8-12(9)13-7-5-10(2)15-16-13/h4-8,14H,1-3H3. The van der Waals surface area contributed by atoms with Crippen molar-refractivity contribution in [2.24, 2.45) is 0 Å². The summed E-state index contributed by atoms with van der Waals surface area (Å²) in [4.78, 5) is 0. The van der Waals surface area contributed by atoms with Crippen molar-refractivity contribution in [2.75, 3.05) is 12.4 Å². The molecule has 0 fully saturated rings. The minimum atomic E-state index is 0.917. The molecule has 0 spiro atoms. The number of nitrogens with zero attached hydrogens (tertiary/aromatic N) is 2. The van der Waals surface area contributed by atoms with Crippen LogP contribution in [0.15, 0.2) is 30.3 Å². The summed E-state index contributed by atoms with van der Waals surface area (Å²) in [5, 5.41) is 11.4. The molecule has 0 aliphatic heterocycles. The molecule has 2 aromatic rings. The molecule has 1 aromatic carbocycles. The van der Waals surface area contributed by atoms with Crippen molar-refractivity contribution in [3.63, 3.8) is 0 Å². The van der Waals surface area contributed by atoms with Crippen LogP contribution < -0.4 is 5.32 Å². The molecule has 0 saturated carbocycles. The van der Waals surface area contributed by atoms with Gasteiger partial charge in [0.2, 0.25) is 0 Å². The molecule has 0 aliphatic rings. The summed E-state index contributed by atoms with van der Waals surface area (Å²) in [5.41, 5.74) is 5.27. The van der Waals surface area contributed by atoms with Crippen LogP contribution in [-0.4, -0.2) is 17.2 Å². The first-order valence-corrected chi connectivity index (χ1v) is 5.30. The third-order valence-electron chi connectivity index (χ3n) is 2.60. The molecule has 0 aliphatic carbocycles. The second-order valence-corrected chi connectivity index (χ2v) is 3.84. The van der Waals surface area contributed by atoms with E-state index in [4.69, 9.17) is 0 Å². The van der Waals surface area contributed by atoms with Crippen LogP contribution in [0, 0.1) is 13.8 Å². The normalized spacial score (nSPS) is 10.2. The number of benzene rings is 1. The molecular weight excluding hydrogens is 198 g/mol. The number of nitrogens with one attached hydrogen (secondary N) is 1. The average molecular weight is 213 g/mol. The molecule has 0 radical (unpaired) electrons. The molecule has 0 bridgehead atoms. The molecule has 0 saturated heterocycles. The number of hydrogen-bond donors (Lipinski definition) is 1. The van der Waals surface area contributed by atoms with Gasteiger partial charge in [-0.15, -0.1) is 0 Å². The highest BCUT2D eigenvalue weighted by molar-refractivity contribution is 5.68. The molecule has 0 atom stereocenters. The summed E-state index contributed by atoms with van der Waals surface area (Å²) >= 11 is 0. The Hall–Kier alpha value is -1.90. The fourth-order valence-electron chi connectivity index (χ4n) is 1.60. The van der Waals surface area contributed by atoms with Crippen molar-refractivity contribution < 1.29 is 0 Å². The summed E-state index contributed by atoms with van der Waals surface area (Å²) in [5.74, 6) is 0. The monoisotopic (exact) mass is 213 g/mol. The molecular formula is C13H15N3. The van der Waals surface area contributed by atoms with Gasteiger partial charge in [0.15, 0.2) is 0 Å². The van der Waals surface area contributed by atoms with Gasteiger partial charge in [0.1, 0.15) is 0 Å². The summed E-state index contributed by atoms with van der Waals surface area (Å²) < 4.78 is 0. The fourth-order valence-corrected chi connectivity index (χ4v) is 1.60. The maximum absolute atomic E-state index is 4.21. The Morgan fingerprint density at radius 3 is 2.44 bits per heavy atom. The van der Waals surface area contributed by atoms with Gasteiger partial charge in [-0.25, -0.2) is 0 Å². The lowest BCUT2D eigenvalue weighted by atomic mass is 10.0. The van der Waals surface area contributed by atoms with Crippen molar-refractivity contribution >= 4 is 5.69 Å². The molecule has 1 aromatic heterocycles. The fraction of sp³-hybridized carbons (Fsp3) is 0.231. The highest BCUT2D eigenvalue weighted by Gasteiger charge is 2.04. The van der Waals surface area contributed by atoms with Crippen LogP contribution in [0.25, 0.3) is 11.3 Å². The minimum absolute atomic E-state index is 0.917. The summed E-state index contributed by atoms with van der Waals surface area (Å²) in [7, 11) is 1.91. The minimum Gasteiger partial charge on any atom is -0.388 e. The van der Waals surface area contributed by atoms with Gasteiger partial charge in [-0.3, -0.25) is 0 Å². The molecule has 16 heavy (non-hydrogen) atoms. The van der Waals surface area contributed by atoms with Gasteiger partial charge < -0.3 is 5.32 Å². The zero-order chi connectivity index (χ0) is 11.5. The van der Waals surface area contributed by atoms with Gasteiger partial charge in [-0.2, -0.15) is 10.2 Å². The maximum atomic E-state index is 4.21. The zero-order valence-electron chi connectivity index (χ0n) is 9.78. The Morgan fingerprint density at radius 1 is 1.00 bits per heavy atom. The average Bonchev–Trinajstić information content (AvgIpc) is 2.31. The van der Waals surface area contributed by atoms with Gasteiger partial charge in [0, 0.05) is 18.3 Å². The van der Waals surface area contributed by atoms with E-state index >= 15 is 0 Å².